The minimum Gasteiger partial charge on any atom is -0.465 e. The fraction of sp³-hybridized carbons (Fsp3) is 0.367. The van der Waals surface area contributed by atoms with Crippen molar-refractivity contribution >= 4 is 35.3 Å². The zero-order valence-corrected chi connectivity index (χ0v) is 24.3. The molecule has 10 heteroatoms. The van der Waals surface area contributed by atoms with E-state index in [0.717, 1.165) is 17.5 Å². The summed E-state index contributed by atoms with van der Waals surface area (Å²) in [6.45, 7) is 5.47. The van der Waals surface area contributed by atoms with Gasteiger partial charge in [0, 0.05) is 17.8 Å². The number of pyridine rings is 1. The summed E-state index contributed by atoms with van der Waals surface area (Å²) in [7, 11) is 1.29. The molecule has 212 valence electrons. The van der Waals surface area contributed by atoms with Crippen molar-refractivity contribution in [1.29, 1.82) is 0 Å². The van der Waals surface area contributed by atoms with Crippen LogP contribution in [0.25, 0.3) is 0 Å². The normalized spacial score (nSPS) is 15.5. The van der Waals surface area contributed by atoms with E-state index < -0.39 is 23.8 Å². The molecule has 0 fully saturated rings. The third-order valence-electron chi connectivity index (χ3n) is 6.53. The smallest absolute Gasteiger partial charge is 0.410 e. The highest BCUT2D eigenvalue weighted by Gasteiger charge is 2.33. The first kappa shape index (κ1) is 29.6. The molecule has 3 aromatic rings. The number of carbonyl (C=O) groups excluding carboxylic acids is 2. The maximum absolute atomic E-state index is 13.3. The molecular formula is C30H32Cl2N2O6. The molecule has 40 heavy (non-hydrogen) atoms. The first-order valence-corrected chi connectivity index (χ1v) is 13.7. The molecule has 2 atom stereocenters. The van der Waals surface area contributed by atoms with E-state index in [1.165, 1.54) is 19.4 Å². The number of hydrogen-bond donors (Lipinski definition) is 1. The van der Waals surface area contributed by atoms with Gasteiger partial charge in [-0.05, 0) is 87.6 Å². The molecule has 8 nitrogen and oxygen atoms in total. The molecule has 0 aliphatic heterocycles. The average molecular weight is 588 g/mol. The number of ether oxygens (including phenoxy) is 3. The van der Waals surface area contributed by atoms with Gasteiger partial charge < -0.3 is 24.2 Å². The molecular weight excluding hydrogens is 555 g/mol. The summed E-state index contributed by atoms with van der Waals surface area (Å²) in [5.41, 5.74) is 2.24. The van der Waals surface area contributed by atoms with Gasteiger partial charge in [-0.1, -0.05) is 35.3 Å². The van der Waals surface area contributed by atoms with Gasteiger partial charge in [0.05, 0.1) is 30.3 Å². The van der Waals surface area contributed by atoms with Gasteiger partial charge in [-0.3, -0.25) is 0 Å². The minimum absolute atomic E-state index is 0.0372. The molecule has 1 N–H and O–H groups in total. The maximum atomic E-state index is 13.3. The van der Waals surface area contributed by atoms with Crippen LogP contribution in [-0.4, -0.2) is 52.4 Å². The third kappa shape index (κ3) is 7.44. The van der Waals surface area contributed by atoms with Crippen LogP contribution in [0.2, 0.25) is 10.2 Å². The van der Waals surface area contributed by atoms with Gasteiger partial charge in [-0.15, -0.1) is 0 Å². The fourth-order valence-corrected chi connectivity index (χ4v) is 4.89. The van der Waals surface area contributed by atoms with Crippen LogP contribution in [0.3, 0.4) is 0 Å². The van der Waals surface area contributed by atoms with Crippen LogP contribution in [0, 0.1) is 0 Å². The monoisotopic (exact) mass is 586 g/mol. The Kier molecular flexibility index (Phi) is 9.23. The molecule has 2 aromatic carbocycles. The van der Waals surface area contributed by atoms with Crippen molar-refractivity contribution in [2.45, 2.75) is 57.8 Å². The van der Waals surface area contributed by atoms with Gasteiger partial charge in [0.1, 0.15) is 22.3 Å². The molecule has 1 heterocycles. The van der Waals surface area contributed by atoms with Gasteiger partial charge >= 0.3 is 12.1 Å². The van der Waals surface area contributed by atoms with E-state index in [9.17, 15) is 14.7 Å². The number of hydrogen-bond acceptors (Lipinski definition) is 7. The third-order valence-corrected chi connectivity index (χ3v) is 7.09. The lowest BCUT2D eigenvalue weighted by atomic mass is 9.87. The number of aromatic nitrogens is 1. The van der Waals surface area contributed by atoms with Crippen LogP contribution in [0.5, 0.6) is 11.5 Å². The van der Waals surface area contributed by atoms with E-state index in [-0.39, 0.29) is 23.2 Å². The number of aliphatic hydroxyl groups is 1. The van der Waals surface area contributed by atoms with E-state index in [1.807, 2.05) is 39.0 Å². The van der Waals surface area contributed by atoms with Gasteiger partial charge in [0.2, 0.25) is 0 Å². The summed E-state index contributed by atoms with van der Waals surface area (Å²) in [6, 6.07) is 13.7. The van der Waals surface area contributed by atoms with Crippen molar-refractivity contribution in [2.24, 2.45) is 0 Å². The van der Waals surface area contributed by atoms with Crippen LogP contribution >= 0.6 is 23.2 Å². The Morgan fingerprint density at radius 2 is 1.80 bits per heavy atom. The van der Waals surface area contributed by atoms with E-state index in [1.54, 1.807) is 29.2 Å². The zero-order chi connectivity index (χ0) is 29.0. The lowest BCUT2D eigenvalue weighted by Crippen LogP contribution is -2.47. The van der Waals surface area contributed by atoms with E-state index in [2.05, 4.69) is 4.98 Å². The first-order chi connectivity index (χ1) is 18.9. The summed E-state index contributed by atoms with van der Waals surface area (Å²) in [6.07, 6.45) is 2.03. The maximum Gasteiger partial charge on any atom is 0.410 e. The van der Waals surface area contributed by atoms with Crippen LogP contribution < -0.4 is 4.74 Å². The second kappa shape index (κ2) is 12.5. The van der Waals surface area contributed by atoms with Crippen molar-refractivity contribution < 1.29 is 28.9 Å². The Labute approximate surface area is 243 Å². The number of aliphatic hydroxyl groups excluding tert-OH is 1. The summed E-state index contributed by atoms with van der Waals surface area (Å²) in [4.78, 5) is 31.0. The summed E-state index contributed by atoms with van der Waals surface area (Å²) in [5.74, 6) is 0.461. The molecule has 0 spiro atoms. The Hall–Kier alpha value is -3.33. The number of amides is 1. The average Bonchev–Trinajstić information content (AvgIpc) is 2.91. The number of carbonyl (C=O) groups is 2. The summed E-state index contributed by atoms with van der Waals surface area (Å²) >= 11 is 12.0. The highest BCUT2D eigenvalue weighted by Crippen LogP contribution is 2.33. The van der Waals surface area contributed by atoms with Gasteiger partial charge in [0.15, 0.2) is 0 Å². The molecule has 0 unspecified atom stereocenters. The number of nitrogens with zero attached hydrogens (tertiary/aromatic N) is 2. The molecule has 0 saturated heterocycles. The van der Waals surface area contributed by atoms with Crippen LogP contribution in [-0.2, 0) is 22.3 Å². The number of aryl methyl sites for hydroxylation is 1. The fourth-order valence-electron chi connectivity index (χ4n) is 4.58. The quantitative estimate of drug-likeness (QED) is 0.240. The predicted octanol–water partition coefficient (Wildman–Crippen LogP) is 6.80. The Balaban J connectivity index is 1.56. The second-order valence-electron chi connectivity index (χ2n) is 10.6. The Morgan fingerprint density at radius 1 is 1.07 bits per heavy atom. The van der Waals surface area contributed by atoms with Gasteiger partial charge in [-0.2, -0.15) is 0 Å². The molecule has 1 aliphatic carbocycles. The molecule has 0 bridgehead atoms. The predicted molar refractivity (Wildman–Crippen MR) is 152 cm³/mol. The standard InChI is InChI=1S/C30H32Cl2N2O6/c1-30(2,3)40-29(37)34(17-26(35)19-7-12-27(32)33-16-19)21-8-5-18-6-9-22(14-20(18)13-21)39-23-10-11-25(31)24(15-23)28(36)38-4/h6-7,9-12,14-16,21,26,35H,5,8,13,17H2,1-4H3/t21-,26+/m0/s1. The lowest BCUT2D eigenvalue weighted by Gasteiger charge is -2.37. The van der Waals surface area contributed by atoms with E-state index in [0.29, 0.717) is 35.1 Å². The Bertz CT molecular complexity index is 1370. The van der Waals surface area contributed by atoms with Crippen molar-refractivity contribution in [3.63, 3.8) is 0 Å². The zero-order valence-electron chi connectivity index (χ0n) is 22.8. The number of benzene rings is 2. The van der Waals surface area contributed by atoms with Gasteiger partial charge in [-0.25, -0.2) is 14.6 Å². The first-order valence-electron chi connectivity index (χ1n) is 12.9. The second-order valence-corrected chi connectivity index (χ2v) is 11.4. The highest BCUT2D eigenvalue weighted by molar-refractivity contribution is 6.33. The SMILES string of the molecule is COC(=O)c1cc(Oc2ccc3c(c2)C[C@@H](N(C[C@@H](O)c2ccc(Cl)nc2)C(=O)OC(C)(C)C)CC3)ccc1Cl. The van der Waals surface area contributed by atoms with Crippen LogP contribution in [0.4, 0.5) is 4.79 Å². The summed E-state index contributed by atoms with van der Waals surface area (Å²) < 4.78 is 16.6. The number of halogens is 2. The topological polar surface area (TPSA) is 98.2 Å². The van der Waals surface area contributed by atoms with Crippen molar-refractivity contribution in [1.82, 2.24) is 9.88 Å². The van der Waals surface area contributed by atoms with E-state index in [4.69, 9.17) is 37.4 Å². The molecule has 1 amide bonds. The van der Waals surface area contributed by atoms with Crippen LogP contribution in [0.1, 0.15) is 60.3 Å². The number of esters is 1. The number of rotatable bonds is 7. The number of fused-ring (bicyclic) bond motifs is 1. The Morgan fingerprint density at radius 3 is 2.48 bits per heavy atom. The van der Waals surface area contributed by atoms with Crippen molar-refractivity contribution in [3.05, 3.63) is 87.2 Å². The minimum atomic E-state index is -0.970. The lowest BCUT2D eigenvalue weighted by molar-refractivity contribution is 0.00191. The van der Waals surface area contributed by atoms with Crippen molar-refractivity contribution in [3.8, 4) is 11.5 Å². The molecule has 4 rings (SSSR count). The van der Waals surface area contributed by atoms with Gasteiger partial charge in [0.25, 0.3) is 0 Å². The number of methoxy groups -OCH3 is 1. The van der Waals surface area contributed by atoms with Crippen molar-refractivity contribution in [2.75, 3.05) is 13.7 Å². The molecule has 1 aromatic heterocycles. The molecule has 1 aliphatic rings. The van der Waals surface area contributed by atoms with E-state index >= 15 is 0 Å². The largest absolute Gasteiger partial charge is 0.465 e. The molecule has 0 radical (unpaired) electrons. The highest BCUT2D eigenvalue weighted by atomic mass is 35.5. The molecule has 0 saturated carbocycles. The summed E-state index contributed by atoms with van der Waals surface area (Å²) in [5, 5.41) is 11.6. The van der Waals surface area contributed by atoms with Crippen LogP contribution in [0.15, 0.2) is 54.7 Å².